The summed E-state index contributed by atoms with van der Waals surface area (Å²) < 4.78 is 9.22. The van der Waals surface area contributed by atoms with Crippen molar-refractivity contribution in [1.29, 1.82) is 0 Å². The van der Waals surface area contributed by atoms with Gasteiger partial charge >= 0.3 is 0 Å². The number of ether oxygens (including phenoxy) is 2. The van der Waals surface area contributed by atoms with Crippen LogP contribution in [-0.2, 0) is 9.47 Å². The van der Waals surface area contributed by atoms with Gasteiger partial charge in [-0.3, -0.25) is 0 Å². The van der Waals surface area contributed by atoms with Crippen LogP contribution in [0, 0.1) is 24.1 Å². The van der Waals surface area contributed by atoms with Gasteiger partial charge in [-0.2, -0.15) is 0 Å². The predicted molar refractivity (Wildman–Crippen MR) is 38.8 cm³/mol. The molecule has 0 atom stereocenters. The molecule has 0 heterocycles. The lowest BCUT2D eigenvalue weighted by atomic mass is 10.5. The molecule has 0 N–H and O–H groups in total. The predicted octanol–water partition coefficient (Wildman–Crippen LogP) is 0.981. The fraction of sp³-hybridized carbons (Fsp3) is 0.500. The molecule has 2 heteroatoms. The average Bonchev–Trinajstić information content (AvgIpc) is 1.97. The van der Waals surface area contributed by atoms with Crippen LogP contribution in [0.2, 0.25) is 0 Å². The molecule has 54 valence electrons. The molecular formula is C8H10O2. The van der Waals surface area contributed by atoms with E-state index in [1.807, 2.05) is 6.92 Å². The number of hydrogen-bond donors (Lipinski definition) is 0. The third-order valence-corrected chi connectivity index (χ3v) is 0.640. The Morgan fingerprint density at radius 3 is 2.60 bits per heavy atom. The zero-order valence-electron chi connectivity index (χ0n) is 6.23. The smallest absolute Gasteiger partial charge is 0.164 e. The normalized spacial score (nSPS) is 6.20. The van der Waals surface area contributed by atoms with Crippen molar-refractivity contribution in [3.05, 3.63) is 0 Å². The molecule has 0 saturated heterocycles. The highest BCUT2D eigenvalue weighted by atomic mass is 16.5. The van der Waals surface area contributed by atoms with Crippen molar-refractivity contribution in [2.75, 3.05) is 13.7 Å². The molecule has 0 unspecified atom stereocenters. The minimum absolute atomic E-state index is 0.306. The summed E-state index contributed by atoms with van der Waals surface area (Å²) in [5, 5.41) is 0. The lowest BCUT2D eigenvalue weighted by Gasteiger charge is -1.83. The molecule has 0 fully saturated rings. The molecule has 0 aromatic carbocycles. The second-order valence-corrected chi connectivity index (χ2v) is 1.40. The fourth-order valence-electron chi connectivity index (χ4n) is 0.297. The summed E-state index contributed by atoms with van der Waals surface area (Å²) in [4.78, 5) is 0. The van der Waals surface area contributed by atoms with E-state index in [4.69, 9.17) is 4.74 Å². The number of hydrogen-bond acceptors (Lipinski definition) is 2. The summed E-state index contributed by atoms with van der Waals surface area (Å²) in [6, 6.07) is 0. The minimum Gasteiger partial charge on any atom is -0.450 e. The van der Waals surface area contributed by atoms with Gasteiger partial charge in [-0.25, -0.2) is 0 Å². The molecule has 0 aliphatic carbocycles. The Morgan fingerprint density at radius 1 is 1.20 bits per heavy atom. The third kappa shape index (κ3) is 6.72. The molecule has 0 bridgehead atoms. The van der Waals surface area contributed by atoms with Gasteiger partial charge in [0.15, 0.2) is 6.61 Å². The van der Waals surface area contributed by atoms with Gasteiger partial charge in [0, 0.05) is 6.42 Å². The average molecular weight is 138 g/mol. The minimum atomic E-state index is 0.306. The van der Waals surface area contributed by atoms with Crippen LogP contribution in [0.3, 0.4) is 0 Å². The van der Waals surface area contributed by atoms with Gasteiger partial charge in [0.05, 0.1) is 7.11 Å². The van der Waals surface area contributed by atoms with E-state index in [9.17, 15) is 0 Å². The Kier molecular flexibility index (Phi) is 6.73. The van der Waals surface area contributed by atoms with Crippen molar-refractivity contribution < 1.29 is 9.47 Å². The van der Waals surface area contributed by atoms with E-state index in [2.05, 4.69) is 28.8 Å². The summed E-state index contributed by atoms with van der Waals surface area (Å²) in [5.41, 5.74) is 0. The fourth-order valence-corrected chi connectivity index (χ4v) is 0.297. The number of methoxy groups -OCH3 is 1. The molecule has 0 saturated carbocycles. The van der Waals surface area contributed by atoms with Crippen LogP contribution in [0.15, 0.2) is 0 Å². The van der Waals surface area contributed by atoms with Crippen LogP contribution in [0.5, 0.6) is 0 Å². The van der Waals surface area contributed by atoms with Crippen LogP contribution < -0.4 is 0 Å². The molecule has 0 amide bonds. The van der Waals surface area contributed by atoms with Gasteiger partial charge < -0.3 is 9.47 Å². The van der Waals surface area contributed by atoms with E-state index in [0.717, 1.165) is 6.42 Å². The Balaban J connectivity index is 3.20. The molecule has 0 spiro atoms. The Hall–Kier alpha value is -1.28. The largest absolute Gasteiger partial charge is 0.450 e. The van der Waals surface area contributed by atoms with E-state index < -0.39 is 0 Å². The molecular weight excluding hydrogens is 128 g/mol. The highest BCUT2D eigenvalue weighted by Crippen LogP contribution is 1.70. The van der Waals surface area contributed by atoms with Gasteiger partial charge in [0.1, 0.15) is 12.2 Å². The Bertz CT molecular complexity index is 153. The van der Waals surface area contributed by atoms with Gasteiger partial charge in [-0.05, 0) is 5.92 Å². The van der Waals surface area contributed by atoms with Crippen molar-refractivity contribution in [2.45, 2.75) is 13.3 Å². The Labute approximate surface area is 61.5 Å². The van der Waals surface area contributed by atoms with Crippen molar-refractivity contribution in [3.63, 3.8) is 0 Å². The summed E-state index contributed by atoms with van der Waals surface area (Å²) in [6.45, 7) is 2.26. The topological polar surface area (TPSA) is 18.5 Å². The maximum atomic E-state index is 4.76. The number of rotatable bonds is 1. The molecule has 0 rings (SSSR count). The molecule has 0 aromatic heterocycles. The SMILES string of the molecule is CCC#COCC#COC. The van der Waals surface area contributed by atoms with Crippen LogP contribution in [0.25, 0.3) is 0 Å². The molecule has 0 aromatic rings. The van der Waals surface area contributed by atoms with Gasteiger partial charge in [-0.1, -0.05) is 12.8 Å². The summed E-state index contributed by atoms with van der Waals surface area (Å²) in [7, 11) is 1.50. The van der Waals surface area contributed by atoms with E-state index in [0.29, 0.717) is 6.61 Å². The monoisotopic (exact) mass is 138 g/mol. The Morgan fingerprint density at radius 2 is 2.00 bits per heavy atom. The van der Waals surface area contributed by atoms with Crippen molar-refractivity contribution in [3.8, 4) is 24.1 Å². The zero-order chi connectivity index (χ0) is 7.66. The van der Waals surface area contributed by atoms with Crippen LogP contribution in [0.1, 0.15) is 13.3 Å². The van der Waals surface area contributed by atoms with Crippen molar-refractivity contribution >= 4 is 0 Å². The second kappa shape index (κ2) is 7.72. The first-order chi connectivity index (χ1) is 4.91. The van der Waals surface area contributed by atoms with Crippen LogP contribution in [0.4, 0.5) is 0 Å². The molecule has 0 radical (unpaired) electrons. The van der Waals surface area contributed by atoms with E-state index in [1.165, 1.54) is 7.11 Å². The standard InChI is InChI=1S/C8H10O2/c1-3-4-7-10-8-5-6-9-2/h3,8H2,1-2H3. The highest BCUT2D eigenvalue weighted by Gasteiger charge is 1.70. The quantitative estimate of drug-likeness (QED) is 0.397. The van der Waals surface area contributed by atoms with E-state index >= 15 is 0 Å². The van der Waals surface area contributed by atoms with Crippen molar-refractivity contribution in [1.82, 2.24) is 0 Å². The van der Waals surface area contributed by atoms with Gasteiger partial charge in [0.25, 0.3) is 0 Å². The van der Waals surface area contributed by atoms with Gasteiger partial charge in [0.2, 0.25) is 0 Å². The van der Waals surface area contributed by atoms with Crippen molar-refractivity contribution in [2.24, 2.45) is 0 Å². The first-order valence-electron chi connectivity index (χ1n) is 3.02. The van der Waals surface area contributed by atoms with E-state index in [-0.39, 0.29) is 0 Å². The third-order valence-electron chi connectivity index (χ3n) is 0.640. The van der Waals surface area contributed by atoms with Crippen LogP contribution >= 0.6 is 0 Å². The second-order valence-electron chi connectivity index (χ2n) is 1.40. The zero-order valence-corrected chi connectivity index (χ0v) is 6.23. The summed E-state index contributed by atoms with van der Waals surface area (Å²) in [6.07, 6.45) is 5.67. The first-order valence-corrected chi connectivity index (χ1v) is 3.02. The van der Waals surface area contributed by atoms with E-state index in [1.54, 1.807) is 0 Å². The summed E-state index contributed by atoms with van der Waals surface area (Å²) in [5.74, 6) is 5.34. The molecule has 0 aliphatic rings. The lowest BCUT2D eigenvalue weighted by molar-refractivity contribution is 0.322. The lowest BCUT2D eigenvalue weighted by Crippen LogP contribution is -1.81. The first kappa shape index (κ1) is 8.72. The summed E-state index contributed by atoms with van der Waals surface area (Å²) >= 11 is 0. The maximum absolute atomic E-state index is 4.76. The molecule has 10 heavy (non-hydrogen) atoms. The molecule has 2 nitrogen and oxygen atoms in total. The molecule has 0 aliphatic heterocycles. The highest BCUT2D eigenvalue weighted by molar-refractivity contribution is 4.95. The van der Waals surface area contributed by atoms with Gasteiger partial charge in [-0.15, -0.1) is 0 Å². The van der Waals surface area contributed by atoms with Crippen LogP contribution in [-0.4, -0.2) is 13.7 Å². The maximum Gasteiger partial charge on any atom is 0.164 e.